The van der Waals surface area contributed by atoms with Crippen molar-refractivity contribution in [3.05, 3.63) is 34.9 Å². The van der Waals surface area contributed by atoms with Gasteiger partial charge in [-0.15, -0.1) is 12.4 Å². The topological polar surface area (TPSA) is 55.1 Å². The van der Waals surface area contributed by atoms with Crippen molar-refractivity contribution < 1.29 is 4.79 Å². The molecular formula is C12H16Cl2N2O. The monoisotopic (exact) mass is 274 g/mol. The minimum absolute atomic E-state index is 0. The van der Waals surface area contributed by atoms with Gasteiger partial charge in [-0.2, -0.15) is 0 Å². The number of benzene rings is 1. The maximum Gasteiger partial charge on any atom is 0.230 e. The summed E-state index contributed by atoms with van der Waals surface area (Å²) in [6.45, 7) is 1.01. The first kappa shape index (κ1) is 14.3. The molecule has 1 aliphatic carbocycles. The van der Waals surface area contributed by atoms with Gasteiger partial charge in [0.25, 0.3) is 0 Å². The van der Waals surface area contributed by atoms with Crippen LogP contribution >= 0.6 is 24.0 Å². The van der Waals surface area contributed by atoms with Gasteiger partial charge in [-0.05, 0) is 30.5 Å². The minimum atomic E-state index is -0.320. The molecule has 0 unspecified atom stereocenters. The van der Waals surface area contributed by atoms with E-state index in [-0.39, 0.29) is 23.7 Å². The average Bonchev–Trinajstić information content (AvgIpc) is 3.08. The minimum Gasteiger partial charge on any atom is -0.354 e. The van der Waals surface area contributed by atoms with E-state index in [1.807, 2.05) is 24.3 Å². The van der Waals surface area contributed by atoms with E-state index in [1.165, 1.54) is 0 Å². The number of carbonyl (C=O) groups is 1. The van der Waals surface area contributed by atoms with E-state index >= 15 is 0 Å². The molecule has 0 heterocycles. The highest BCUT2D eigenvalue weighted by Crippen LogP contribution is 2.48. The summed E-state index contributed by atoms with van der Waals surface area (Å²) in [4.78, 5) is 12.0. The highest BCUT2D eigenvalue weighted by atomic mass is 35.5. The van der Waals surface area contributed by atoms with Crippen molar-refractivity contribution in [1.29, 1.82) is 0 Å². The zero-order chi connectivity index (χ0) is 11.6. The summed E-state index contributed by atoms with van der Waals surface area (Å²) in [6.07, 6.45) is 1.82. The molecule has 1 aromatic carbocycles. The van der Waals surface area contributed by atoms with Crippen LogP contribution < -0.4 is 11.1 Å². The summed E-state index contributed by atoms with van der Waals surface area (Å²) in [5.74, 6) is 0.0836. The number of amides is 1. The van der Waals surface area contributed by atoms with Gasteiger partial charge in [0.15, 0.2) is 0 Å². The molecular weight excluding hydrogens is 259 g/mol. The molecule has 0 spiro atoms. The Hall–Kier alpha value is -0.770. The fourth-order valence-corrected chi connectivity index (χ4v) is 2.02. The largest absolute Gasteiger partial charge is 0.354 e. The number of nitrogens with two attached hydrogens (primary N) is 1. The number of hydrogen-bond acceptors (Lipinski definition) is 2. The molecule has 0 bridgehead atoms. The maximum absolute atomic E-state index is 12.0. The summed E-state index contributed by atoms with van der Waals surface area (Å²) < 4.78 is 0. The van der Waals surface area contributed by atoms with E-state index < -0.39 is 0 Å². The van der Waals surface area contributed by atoms with E-state index in [0.717, 1.165) is 18.4 Å². The zero-order valence-corrected chi connectivity index (χ0v) is 11.0. The molecule has 2 rings (SSSR count). The van der Waals surface area contributed by atoms with E-state index in [1.54, 1.807) is 0 Å². The highest BCUT2D eigenvalue weighted by Gasteiger charge is 2.50. The molecule has 1 aromatic rings. The van der Waals surface area contributed by atoms with E-state index in [9.17, 15) is 4.79 Å². The molecule has 1 saturated carbocycles. The van der Waals surface area contributed by atoms with Gasteiger partial charge in [0.2, 0.25) is 5.91 Å². The molecule has 1 fully saturated rings. The van der Waals surface area contributed by atoms with Crippen LogP contribution in [0.3, 0.4) is 0 Å². The van der Waals surface area contributed by atoms with Crippen molar-refractivity contribution in [2.75, 3.05) is 13.1 Å². The van der Waals surface area contributed by atoms with Crippen molar-refractivity contribution in [2.45, 2.75) is 18.3 Å². The van der Waals surface area contributed by atoms with Crippen LogP contribution in [0.15, 0.2) is 24.3 Å². The molecule has 1 aliphatic rings. The second-order valence-electron chi connectivity index (χ2n) is 4.13. The van der Waals surface area contributed by atoms with Gasteiger partial charge in [0.05, 0.1) is 5.41 Å². The van der Waals surface area contributed by atoms with Crippen molar-refractivity contribution in [3.63, 3.8) is 0 Å². The molecule has 0 atom stereocenters. The fraction of sp³-hybridized carbons (Fsp3) is 0.417. The van der Waals surface area contributed by atoms with E-state index in [0.29, 0.717) is 18.1 Å². The average molecular weight is 275 g/mol. The number of halogens is 2. The Bertz CT molecular complexity index is 388. The van der Waals surface area contributed by atoms with Crippen LogP contribution in [-0.4, -0.2) is 19.0 Å². The third kappa shape index (κ3) is 2.92. The Morgan fingerprint density at radius 2 is 1.94 bits per heavy atom. The second-order valence-corrected chi connectivity index (χ2v) is 4.57. The molecule has 1 amide bonds. The van der Waals surface area contributed by atoms with Crippen LogP contribution in [0.5, 0.6) is 0 Å². The van der Waals surface area contributed by atoms with E-state index in [4.69, 9.17) is 17.3 Å². The van der Waals surface area contributed by atoms with Gasteiger partial charge in [0.1, 0.15) is 0 Å². The molecule has 0 saturated heterocycles. The Morgan fingerprint density at radius 1 is 1.35 bits per heavy atom. The smallest absolute Gasteiger partial charge is 0.230 e. The summed E-state index contributed by atoms with van der Waals surface area (Å²) in [7, 11) is 0. The third-order valence-corrected chi connectivity index (χ3v) is 3.26. The lowest BCUT2D eigenvalue weighted by atomic mass is 9.95. The van der Waals surface area contributed by atoms with Crippen molar-refractivity contribution in [2.24, 2.45) is 5.73 Å². The lowest BCUT2D eigenvalue weighted by Gasteiger charge is -2.15. The first-order chi connectivity index (χ1) is 7.69. The first-order valence-corrected chi connectivity index (χ1v) is 5.81. The van der Waals surface area contributed by atoms with E-state index in [2.05, 4.69) is 5.32 Å². The standard InChI is InChI=1S/C12H15ClN2O.ClH/c13-10-3-1-9(2-4-10)12(5-6-12)11(16)15-8-7-14;/h1-4H,5-8,14H2,(H,15,16);1H. The summed E-state index contributed by atoms with van der Waals surface area (Å²) in [5.41, 5.74) is 6.09. The molecule has 0 aromatic heterocycles. The zero-order valence-electron chi connectivity index (χ0n) is 9.41. The highest BCUT2D eigenvalue weighted by molar-refractivity contribution is 6.30. The van der Waals surface area contributed by atoms with Crippen molar-refractivity contribution in [1.82, 2.24) is 5.32 Å². The number of rotatable bonds is 4. The lowest BCUT2D eigenvalue weighted by molar-refractivity contribution is -0.123. The number of hydrogen-bond donors (Lipinski definition) is 2. The SMILES string of the molecule is Cl.NCCNC(=O)C1(c2ccc(Cl)cc2)CC1. The fourth-order valence-electron chi connectivity index (χ4n) is 1.90. The third-order valence-electron chi connectivity index (χ3n) is 3.01. The molecule has 3 nitrogen and oxygen atoms in total. The first-order valence-electron chi connectivity index (χ1n) is 5.43. The van der Waals surface area contributed by atoms with Gasteiger partial charge >= 0.3 is 0 Å². The van der Waals surface area contributed by atoms with Gasteiger partial charge in [-0.1, -0.05) is 23.7 Å². The number of nitrogens with one attached hydrogen (secondary N) is 1. The summed E-state index contributed by atoms with van der Waals surface area (Å²) >= 11 is 5.83. The predicted molar refractivity (Wildman–Crippen MR) is 71.7 cm³/mol. The lowest BCUT2D eigenvalue weighted by Crippen LogP contribution is -2.37. The normalized spacial score (nSPS) is 15.9. The van der Waals surface area contributed by atoms with Crippen molar-refractivity contribution >= 4 is 29.9 Å². The van der Waals surface area contributed by atoms with Crippen LogP contribution in [-0.2, 0) is 10.2 Å². The van der Waals surface area contributed by atoms with Crippen molar-refractivity contribution in [3.8, 4) is 0 Å². The maximum atomic E-state index is 12.0. The van der Waals surface area contributed by atoms with Crippen LogP contribution in [0.25, 0.3) is 0 Å². The van der Waals surface area contributed by atoms with Crippen LogP contribution in [0.1, 0.15) is 18.4 Å². The van der Waals surface area contributed by atoms with Gasteiger partial charge < -0.3 is 11.1 Å². The molecule has 0 aliphatic heterocycles. The second kappa shape index (κ2) is 5.71. The molecule has 3 N–H and O–H groups in total. The quantitative estimate of drug-likeness (QED) is 0.881. The molecule has 5 heteroatoms. The van der Waals surface area contributed by atoms with Gasteiger partial charge in [0, 0.05) is 18.1 Å². The summed E-state index contributed by atoms with van der Waals surface area (Å²) in [6, 6.07) is 7.51. The Morgan fingerprint density at radius 3 is 2.41 bits per heavy atom. The number of carbonyl (C=O) groups excluding carboxylic acids is 1. The molecule has 94 valence electrons. The summed E-state index contributed by atoms with van der Waals surface area (Å²) in [5, 5.41) is 3.55. The van der Waals surface area contributed by atoms with Crippen LogP contribution in [0.4, 0.5) is 0 Å². The Kier molecular flexibility index (Phi) is 4.80. The van der Waals surface area contributed by atoms with Crippen LogP contribution in [0, 0.1) is 0 Å². The van der Waals surface area contributed by atoms with Crippen LogP contribution in [0.2, 0.25) is 5.02 Å². The Labute approximate surface area is 112 Å². The predicted octanol–water partition coefficient (Wildman–Crippen LogP) is 1.87. The van der Waals surface area contributed by atoms with Gasteiger partial charge in [-0.3, -0.25) is 4.79 Å². The molecule has 17 heavy (non-hydrogen) atoms. The molecule has 0 radical (unpaired) electrons. The Balaban J connectivity index is 0.00000144. The van der Waals surface area contributed by atoms with Gasteiger partial charge in [-0.25, -0.2) is 0 Å².